The van der Waals surface area contributed by atoms with Gasteiger partial charge in [-0.2, -0.15) is 0 Å². The molecule has 0 radical (unpaired) electrons. The van der Waals surface area contributed by atoms with E-state index in [1.54, 1.807) is 11.8 Å². The maximum atomic E-state index is 12.9. The van der Waals surface area contributed by atoms with Gasteiger partial charge in [0.05, 0.1) is 19.0 Å². The Morgan fingerprint density at radius 3 is 2.45 bits per heavy atom. The summed E-state index contributed by atoms with van der Waals surface area (Å²) in [6.45, 7) is 4.91. The highest BCUT2D eigenvalue weighted by Crippen LogP contribution is 2.41. The Balaban J connectivity index is 1.14. The molecule has 1 aromatic carbocycles. The molecule has 0 spiro atoms. The molecule has 1 saturated carbocycles. The molecule has 2 aromatic rings. The van der Waals surface area contributed by atoms with Crippen LogP contribution < -0.4 is 4.90 Å². The molecule has 3 heterocycles. The number of morpholine rings is 1. The van der Waals surface area contributed by atoms with Gasteiger partial charge in [0.2, 0.25) is 11.9 Å². The highest BCUT2D eigenvalue weighted by atomic mass is 32.2. The summed E-state index contributed by atoms with van der Waals surface area (Å²) in [5.41, 5.74) is 1.40. The van der Waals surface area contributed by atoms with Crippen LogP contribution in [-0.2, 0) is 16.0 Å². The number of benzene rings is 1. The van der Waals surface area contributed by atoms with Crippen molar-refractivity contribution in [3.63, 3.8) is 0 Å². The van der Waals surface area contributed by atoms with E-state index in [4.69, 9.17) is 4.74 Å². The summed E-state index contributed by atoms with van der Waals surface area (Å²) in [5, 5.41) is 9.82. The van der Waals surface area contributed by atoms with Crippen LogP contribution in [0.2, 0.25) is 0 Å². The summed E-state index contributed by atoms with van der Waals surface area (Å²) < 4.78 is 7.74. The molecule has 1 aromatic heterocycles. The molecule has 0 bridgehead atoms. The number of carbonyl (C=O) groups excluding carboxylic acids is 1. The van der Waals surface area contributed by atoms with Crippen molar-refractivity contribution in [2.45, 2.75) is 43.3 Å². The molecule has 7 nitrogen and oxygen atoms in total. The van der Waals surface area contributed by atoms with Gasteiger partial charge in [-0.1, -0.05) is 42.1 Å². The monoisotopic (exact) mass is 441 g/mol. The van der Waals surface area contributed by atoms with Gasteiger partial charge < -0.3 is 14.5 Å². The number of nitrogens with zero attached hydrogens (tertiary/aromatic N) is 5. The van der Waals surface area contributed by atoms with Crippen LogP contribution in [0.25, 0.3) is 0 Å². The van der Waals surface area contributed by atoms with Crippen LogP contribution in [-0.4, -0.2) is 70.7 Å². The highest BCUT2D eigenvalue weighted by molar-refractivity contribution is 7.99. The minimum atomic E-state index is 0.224. The van der Waals surface area contributed by atoms with Crippen molar-refractivity contribution < 1.29 is 9.53 Å². The lowest BCUT2D eigenvalue weighted by Gasteiger charge is -2.32. The molecule has 3 aliphatic rings. The first-order valence-corrected chi connectivity index (χ1v) is 12.5. The lowest BCUT2D eigenvalue weighted by molar-refractivity contribution is -0.129. The van der Waals surface area contributed by atoms with E-state index in [1.165, 1.54) is 18.4 Å². The number of hydrogen-bond donors (Lipinski definition) is 0. The molecule has 0 N–H and O–H groups in total. The number of anilines is 1. The molecular formula is C23H31N5O2S. The Hall–Kier alpha value is -2.06. The van der Waals surface area contributed by atoms with Crippen molar-refractivity contribution in [3.8, 4) is 0 Å². The van der Waals surface area contributed by atoms with Crippen molar-refractivity contribution in [2.24, 2.45) is 5.92 Å². The van der Waals surface area contributed by atoms with Gasteiger partial charge in [0, 0.05) is 32.2 Å². The van der Waals surface area contributed by atoms with Gasteiger partial charge >= 0.3 is 0 Å². The van der Waals surface area contributed by atoms with E-state index in [1.807, 2.05) is 4.90 Å². The molecule has 3 fully saturated rings. The summed E-state index contributed by atoms with van der Waals surface area (Å²) in [6.07, 6.45) is 5.64. The Kier molecular flexibility index (Phi) is 6.45. The van der Waals surface area contributed by atoms with Crippen molar-refractivity contribution in [1.82, 2.24) is 19.7 Å². The zero-order chi connectivity index (χ0) is 21.0. The van der Waals surface area contributed by atoms with Gasteiger partial charge in [-0.25, -0.2) is 0 Å². The van der Waals surface area contributed by atoms with Gasteiger partial charge in [0.1, 0.15) is 0 Å². The average Bonchev–Trinajstić information content (AvgIpc) is 3.58. The molecule has 166 valence electrons. The number of carbonyl (C=O) groups is 1. The summed E-state index contributed by atoms with van der Waals surface area (Å²) in [6, 6.07) is 11.2. The Bertz CT molecular complexity index is 871. The Labute approximate surface area is 188 Å². The van der Waals surface area contributed by atoms with Gasteiger partial charge in [0.25, 0.3) is 0 Å². The molecule has 1 amide bonds. The van der Waals surface area contributed by atoms with Gasteiger partial charge in [-0.3, -0.25) is 9.36 Å². The van der Waals surface area contributed by atoms with Crippen LogP contribution in [0.15, 0.2) is 35.5 Å². The minimum Gasteiger partial charge on any atom is -0.378 e. The number of piperidine rings is 1. The first-order valence-electron chi connectivity index (χ1n) is 11.5. The third kappa shape index (κ3) is 5.06. The number of likely N-dealkylation sites (tertiary alicyclic amines) is 1. The van der Waals surface area contributed by atoms with E-state index in [-0.39, 0.29) is 5.91 Å². The third-order valence-electron chi connectivity index (χ3n) is 6.51. The van der Waals surface area contributed by atoms with Gasteiger partial charge in [-0.05, 0) is 43.6 Å². The van der Waals surface area contributed by atoms with Crippen LogP contribution in [0.5, 0.6) is 0 Å². The second kappa shape index (κ2) is 9.61. The summed E-state index contributed by atoms with van der Waals surface area (Å²) in [4.78, 5) is 17.2. The van der Waals surface area contributed by atoms with E-state index >= 15 is 0 Å². The number of amides is 1. The highest BCUT2D eigenvalue weighted by Gasteiger charge is 2.32. The fraction of sp³-hybridized carbons (Fsp3) is 0.609. The molecule has 2 saturated heterocycles. The summed E-state index contributed by atoms with van der Waals surface area (Å²) in [7, 11) is 0. The molecule has 1 aliphatic carbocycles. The zero-order valence-electron chi connectivity index (χ0n) is 18.0. The standard InChI is InChI=1S/C23H31N5O2S/c29-21(26-10-8-19(9-11-26)16-18-4-2-1-3-5-18)17-31-23-25-24-22(28(23)20-6-7-20)27-12-14-30-15-13-27/h1-5,19-20H,6-17H2. The maximum absolute atomic E-state index is 12.9. The minimum absolute atomic E-state index is 0.224. The van der Waals surface area contributed by atoms with Crippen molar-refractivity contribution in [2.75, 3.05) is 50.0 Å². The molecule has 0 atom stereocenters. The molecule has 0 unspecified atom stereocenters. The molecule has 5 rings (SSSR count). The van der Waals surface area contributed by atoms with Crippen LogP contribution in [0.3, 0.4) is 0 Å². The second-order valence-electron chi connectivity index (χ2n) is 8.79. The van der Waals surface area contributed by atoms with Crippen LogP contribution in [0, 0.1) is 5.92 Å². The lowest BCUT2D eigenvalue weighted by atomic mass is 9.90. The smallest absolute Gasteiger partial charge is 0.233 e. The first-order chi connectivity index (χ1) is 15.3. The topological polar surface area (TPSA) is 63.5 Å². The molecule has 2 aliphatic heterocycles. The number of hydrogen-bond acceptors (Lipinski definition) is 6. The van der Waals surface area contributed by atoms with Crippen LogP contribution >= 0.6 is 11.8 Å². The quantitative estimate of drug-likeness (QED) is 0.616. The normalized spacial score (nSPS) is 20.3. The van der Waals surface area contributed by atoms with Crippen molar-refractivity contribution in [1.29, 1.82) is 0 Å². The van der Waals surface area contributed by atoms with E-state index < -0.39 is 0 Å². The SMILES string of the molecule is O=C(CSc1nnc(N2CCOCC2)n1C1CC1)N1CCC(Cc2ccccc2)CC1. The molecule has 31 heavy (non-hydrogen) atoms. The van der Waals surface area contributed by atoms with Gasteiger partial charge in [0.15, 0.2) is 5.16 Å². The largest absolute Gasteiger partial charge is 0.378 e. The number of aromatic nitrogens is 3. The lowest BCUT2D eigenvalue weighted by Crippen LogP contribution is -2.40. The van der Waals surface area contributed by atoms with E-state index in [0.717, 1.165) is 69.8 Å². The Morgan fingerprint density at radius 1 is 1.00 bits per heavy atom. The third-order valence-corrected chi connectivity index (χ3v) is 7.44. The van der Waals surface area contributed by atoms with Gasteiger partial charge in [-0.15, -0.1) is 10.2 Å². The fourth-order valence-electron chi connectivity index (χ4n) is 4.55. The first kappa shape index (κ1) is 20.8. The van der Waals surface area contributed by atoms with Crippen molar-refractivity contribution >= 4 is 23.6 Å². The number of ether oxygens (including phenoxy) is 1. The van der Waals surface area contributed by atoms with E-state index in [9.17, 15) is 4.79 Å². The number of thioether (sulfide) groups is 1. The van der Waals surface area contributed by atoms with E-state index in [0.29, 0.717) is 17.7 Å². The summed E-state index contributed by atoms with van der Waals surface area (Å²) >= 11 is 1.55. The fourth-order valence-corrected chi connectivity index (χ4v) is 5.45. The zero-order valence-corrected chi connectivity index (χ0v) is 18.8. The van der Waals surface area contributed by atoms with Crippen LogP contribution in [0.4, 0.5) is 5.95 Å². The average molecular weight is 442 g/mol. The second-order valence-corrected chi connectivity index (χ2v) is 9.73. The molecular weight excluding hydrogens is 410 g/mol. The summed E-state index contributed by atoms with van der Waals surface area (Å²) in [5.74, 6) is 2.29. The predicted molar refractivity (Wildman–Crippen MR) is 121 cm³/mol. The predicted octanol–water partition coefficient (Wildman–Crippen LogP) is 3.02. The van der Waals surface area contributed by atoms with Crippen LogP contribution in [0.1, 0.15) is 37.3 Å². The van der Waals surface area contributed by atoms with E-state index in [2.05, 4.69) is 50.0 Å². The maximum Gasteiger partial charge on any atom is 0.233 e. The molecule has 8 heteroatoms. The van der Waals surface area contributed by atoms with Crippen molar-refractivity contribution in [3.05, 3.63) is 35.9 Å². The Morgan fingerprint density at radius 2 is 1.74 bits per heavy atom. The number of rotatable bonds is 7.